The number of benzene rings is 1. The third kappa shape index (κ3) is 2.96. The van der Waals surface area contributed by atoms with Gasteiger partial charge in [0.2, 0.25) is 0 Å². The number of oxazole rings is 1. The number of rotatable bonds is 2. The van der Waals surface area contributed by atoms with Gasteiger partial charge in [-0.25, -0.2) is 9.37 Å². The van der Waals surface area contributed by atoms with Crippen LogP contribution in [0.1, 0.15) is 24.7 Å². The van der Waals surface area contributed by atoms with E-state index in [4.69, 9.17) is 4.42 Å². The molecule has 1 fully saturated rings. The molecule has 0 saturated carbocycles. The second-order valence-corrected chi connectivity index (χ2v) is 4.59. The molecule has 2 aromatic rings. The lowest BCUT2D eigenvalue weighted by atomic mass is 10.00. The molecule has 1 N–H and O–H groups in total. The van der Waals surface area contributed by atoms with Crippen LogP contribution in [-0.4, -0.2) is 18.1 Å². The fraction of sp³-hybridized carbons (Fsp3) is 0.357. The minimum Gasteiger partial charge on any atom is -0.448 e. The first kappa shape index (κ1) is 14.0. The summed E-state index contributed by atoms with van der Waals surface area (Å²) in [5, 5.41) is 3.32. The summed E-state index contributed by atoms with van der Waals surface area (Å²) >= 11 is 0. The molecule has 0 radical (unpaired) electrons. The van der Waals surface area contributed by atoms with Crippen molar-refractivity contribution in [2.45, 2.75) is 18.8 Å². The SMILES string of the molecule is Cl.Fc1ccccc1-c1coc([C@H]2CCCNC2)n1. The summed E-state index contributed by atoms with van der Waals surface area (Å²) in [6.07, 6.45) is 3.74. The van der Waals surface area contributed by atoms with Crippen LogP contribution in [0.2, 0.25) is 0 Å². The average Bonchev–Trinajstić information content (AvgIpc) is 2.90. The number of aromatic nitrogens is 1. The van der Waals surface area contributed by atoms with E-state index in [1.54, 1.807) is 24.5 Å². The van der Waals surface area contributed by atoms with Gasteiger partial charge >= 0.3 is 0 Å². The van der Waals surface area contributed by atoms with E-state index < -0.39 is 0 Å². The maximum Gasteiger partial charge on any atom is 0.198 e. The highest BCUT2D eigenvalue weighted by Crippen LogP contribution is 2.27. The van der Waals surface area contributed by atoms with Crippen LogP contribution in [0.3, 0.4) is 0 Å². The molecule has 1 aliphatic heterocycles. The van der Waals surface area contributed by atoms with Gasteiger partial charge in [-0.1, -0.05) is 12.1 Å². The number of halogens is 2. The van der Waals surface area contributed by atoms with E-state index in [1.807, 2.05) is 0 Å². The van der Waals surface area contributed by atoms with Gasteiger partial charge in [-0.2, -0.15) is 0 Å². The van der Waals surface area contributed by atoms with Gasteiger partial charge in [0.25, 0.3) is 0 Å². The summed E-state index contributed by atoms with van der Waals surface area (Å²) in [4.78, 5) is 4.42. The van der Waals surface area contributed by atoms with E-state index in [0.29, 0.717) is 23.1 Å². The van der Waals surface area contributed by atoms with Crippen molar-refractivity contribution in [1.29, 1.82) is 0 Å². The van der Waals surface area contributed by atoms with Crippen LogP contribution in [0.4, 0.5) is 4.39 Å². The molecule has 0 bridgehead atoms. The van der Waals surface area contributed by atoms with Crippen molar-refractivity contribution < 1.29 is 8.81 Å². The third-order valence-corrected chi connectivity index (χ3v) is 3.32. The summed E-state index contributed by atoms with van der Waals surface area (Å²) < 4.78 is 19.1. The van der Waals surface area contributed by atoms with Crippen LogP contribution >= 0.6 is 12.4 Å². The maximum atomic E-state index is 13.6. The Labute approximate surface area is 117 Å². The minimum absolute atomic E-state index is 0. The van der Waals surface area contributed by atoms with E-state index in [1.165, 1.54) is 6.07 Å². The lowest BCUT2D eigenvalue weighted by molar-refractivity contribution is 0.376. The standard InChI is InChI=1S/C14H15FN2O.ClH/c15-12-6-2-1-5-11(12)13-9-18-14(17-13)10-4-3-7-16-8-10;/h1-2,5-6,9-10,16H,3-4,7-8H2;1H/t10-;/m0./s1. The number of piperidine rings is 1. The van der Waals surface area contributed by atoms with Gasteiger partial charge in [-0.05, 0) is 31.5 Å². The minimum atomic E-state index is -0.265. The molecule has 1 aliphatic rings. The number of hydrogen-bond acceptors (Lipinski definition) is 3. The zero-order valence-corrected chi connectivity index (χ0v) is 11.3. The topological polar surface area (TPSA) is 38.1 Å². The molecule has 1 aromatic carbocycles. The second-order valence-electron chi connectivity index (χ2n) is 4.59. The summed E-state index contributed by atoms with van der Waals surface area (Å²) in [5.74, 6) is 0.749. The smallest absolute Gasteiger partial charge is 0.198 e. The largest absolute Gasteiger partial charge is 0.448 e. The predicted molar refractivity (Wildman–Crippen MR) is 74.0 cm³/mol. The monoisotopic (exact) mass is 282 g/mol. The lowest BCUT2D eigenvalue weighted by Gasteiger charge is -2.19. The Bertz CT molecular complexity index is 538. The Morgan fingerprint density at radius 3 is 2.89 bits per heavy atom. The first-order valence-electron chi connectivity index (χ1n) is 6.25. The van der Waals surface area contributed by atoms with Gasteiger partial charge in [0.1, 0.15) is 17.8 Å². The molecule has 1 atom stereocenters. The molecule has 3 nitrogen and oxygen atoms in total. The summed E-state index contributed by atoms with van der Waals surface area (Å²) in [7, 11) is 0. The Hall–Kier alpha value is -1.39. The molecule has 1 saturated heterocycles. The first-order valence-corrected chi connectivity index (χ1v) is 6.25. The summed E-state index contributed by atoms with van der Waals surface area (Å²) in [6.45, 7) is 1.94. The summed E-state index contributed by atoms with van der Waals surface area (Å²) in [5.41, 5.74) is 1.07. The molecule has 0 amide bonds. The van der Waals surface area contributed by atoms with E-state index in [0.717, 1.165) is 25.9 Å². The molecule has 3 rings (SSSR count). The van der Waals surface area contributed by atoms with Crippen molar-refractivity contribution in [1.82, 2.24) is 10.3 Å². The number of nitrogens with zero attached hydrogens (tertiary/aromatic N) is 1. The molecule has 0 spiro atoms. The van der Waals surface area contributed by atoms with Gasteiger partial charge in [0, 0.05) is 18.0 Å². The van der Waals surface area contributed by atoms with Crippen molar-refractivity contribution in [2.24, 2.45) is 0 Å². The fourth-order valence-electron chi connectivity index (χ4n) is 2.33. The number of hydrogen-bond donors (Lipinski definition) is 1. The average molecular weight is 283 g/mol. The highest BCUT2D eigenvalue weighted by molar-refractivity contribution is 5.85. The molecular formula is C14H16ClFN2O. The molecule has 0 unspecified atom stereocenters. The highest BCUT2D eigenvalue weighted by atomic mass is 35.5. The van der Waals surface area contributed by atoms with Gasteiger partial charge in [-0.3, -0.25) is 0 Å². The Morgan fingerprint density at radius 2 is 2.16 bits per heavy atom. The molecule has 102 valence electrons. The van der Waals surface area contributed by atoms with E-state index in [9.17, 15) is 4.39 Å². The van der Waals surface area contributed by atoms with Crippen molar-refractivity contribution in [2.75, 3.05) is 13.1 Å². The Morgan fingerprint density at radius 1 is 1.32 bits per heavy atom. The van der Waals surface area contributed by atoms with E-state index in [-0.39, 0.29) is 18.2 Å². The van der Waals surface area contributed by atoms with Crippen LogP contribution in [-0.2, 0) is 0 Å². The van der Waals surface area contributed by atoms with Crippen LogP contribution in [0, 0.1) is 5.82 Å². The fourth-order valence-corrected chi connectivity index (χ4v) is 2.33. The first-order chi connectivity index (χ1) is 8.84. The van der Waals surface area contributed by atoms with Crippen LogP contribution in [0.25, 0.3) is 11.3 Å². The van der Waals surface area contributed by atoms with Crippen LogP contribution < -0.4 is 5.32 Å². The van der Waals surface area contributed by atoms with Gasteiger partial charge in [0.05, 0.1) is 0 Å². The van der Waals surface area contributed by atoms with Crippen molar-refractivity contribution in [3.05, 3.63) is 42.2 Å². The number of nitrogens with one attached hydrogen (secondary N) is 1. The predicted octanol–water partition coefficient (Wildman–Crippen LogP) is 3.37. The molecule has 5 heteroatoms. The molecule has 1 aromatic heterocycles. The molecule has 19 heavy (non-hydrogen) atoms. The quantitative estimate of drug-likeness (QED) is 0.918. The zero-order valence-electron chi connectivity index (χ0n) is 10.4. The Balaban J connectivity index is 0.00000133. The second kappa shape index (κ2) is 6.17. The van der Waals surface area contributed by atoms with Gasteiger partial charge in [-0.15, -0.1) is 12.4 Å². The molecule has 2 heterocycles. The van der Waals surface area contributed by atoms with Gasteiger partial charge < -0.3 is 9.73 Å². The lowest BCUT2D eigenvalue weighted by Crippen LogP contribution is -2.28. The Kier molecular flexibility index (Phi) is 4.56. The van der Waals surface area contributed by atoms with Crippen molar-refractivity contribution >= 4 is 12.4 Å². The van der Waals surface area contributed by atoms with Crippen molar-refractivity contribution in [3.63, 3.8) is 0 Å². The van der Waals surface area contributed by atoms with Gasteiger partial charge in [0.15, 0.2) is 5.89 Å². The molecular weight excluding hydrogens is 267 g/mol. The molecule has 0 aliphatic carbocycles. The van der Waals surface area contributed by atoms with Crippen LogP contribution in [0.5, 0.6) is 0 Å². The van der Waals surface area contributed by atoms with E-state index in [2.05, 4.69) is 10.3 Å². The highest BCUT2D eigenvalue weighted by Gasteiger charge is 2.21. The van der Waals surface area contributed by atoms with Crippen LogP contribution in [0.15, 0.2) is 34.9 Å². The van der Waals surface area contributed by atoms with E-state index >= 15 is 0 Å². The third-order valence-electron chi connectivity index (χ3n) is 3.32. The summed E-state index contributed by atoms with van der Waals surface area (Å²) in [6, 6.07) is 6.63. The maximum absolute atomic E-state index is 13.6. The normalized spacial score (nSPS) is 18.9. The van der Waals surface area contributed by atoms with Crippen molar-refractivity contribution in [3.8, 4) is 11.3 Å². The zero-order chi connectivity index (χ0) is 12.4.